The molecule has 0 aromatic rings. The molecule has 0 saturated heterocycles. The molecule has 1 amide bonds. The fourth-order valence-electron chi connectivity index (χ4n) is 1.76. The molecule has 3 atom stereocenters. The Morgan fingerprint density at radius 3 is 2.00 bits per heavy atom. The van der Waals surface area contributed by atoms with Crippen molar-refractivity contribution in [2.24, 2.45) is 17.4 Å². The molecular formula is C14H23N3O8S. The normalized spacial score (nSPS) is 14.1. The summed E-state index contributed by atoms with van der Waals surface area (Å²) in [5.41, 5.74) is 10.7. The molecule has 0 bridgehead atoms. The lowest BCUT2D eigenvalue weighted by Crippen LogP contribution is -2.38. The number of Topliss-reactive ketones (excluding diaryl/α,β-unsaturated/α-hetero) is 1. The van der Waals surface area contributed by atoms with Crippen LogP contribution in [0.5, 0.6) is 0 Å². The molecule has 0 unspecified atom stereocenters. The smallest absolute Gasteiger partial charge is 0.322 e. The van der Waals surface area contributed by atoms with E-state index in [0.29, 0.717) is 0 Å². The first kappa shape index (κ1) is 23.8. The molecule has 0 heterocycles. The summed E-state index contributed by atoms with van der Waals surface area (Å²) in [6.07, 6.45) is -0.475. The van der Waals surface area contributed by atoms with Crippen molar-refractivity contribution in [1.29, 1.82) is 0 Å². The van der Waals surface area contributed by atoms with Crippen molar-refractivity contribution in [3.63, 3.8) is 0 Å². The van der Waals surface area contributed by atoms with Gasteiger partial charge in [0.15, 0.2) is 0 Å². The first-order valence-electron chi connectivity index (χ1n) is 7.60. The van der Waals surface area contributed by atoms with E-state index in [4.69, 9.17) is 26.8 Å². The number of carboxylic acid groups (broad SMARTS) is 3. The Kier molecular flexibility index (Phi) is 11.2. The Morgan fingerprint density at radius 2 is 1.50 bits per heavy atom. The monoisotopic (exact) mass is 393 g/mol. The number of nitrogens with two attached hydrogens (primary N) is 2. The molecule has 0 aromatic heterocycles. The number of thioether (sulfide) groups is 1. The number of rotatable bonds is 14. The molecule has 0 aliphatic heterocycles. The van der Waals surface area contributed by atoms with Crippen molar-refractivity contribution < 1.29 is 39.3 Å². The van der Waals surface area contributed by atoms with Crippen molar-refractivity contribution in [2.45, 2.75) is 31.3 Å². The zero-order valence-corrected chi connectivity index (χ0v) is 14.7. The minimum Gasteiger partial charge on any atom is -0.480 e. The minimum atomic E-state index is -1.25. The van der Waals surface area contributed by atoms with E-state index in [2.05, 4.69) is 5.32 Å². The molecule has 0 aromatic carbocycles. The van der Waals surface area contributed by atoms with Gasteiger partial charge in [0.2, 0.25) is 5.91 Å². The maximum atomic E-state index is 12.0. The van der Waals surface area contributed by atoms with Gasteiger partial charge in [-0.3, -0.25) is 24.0 Å². The lowest BCUT2D eigenvalue weighted by atomic mass is 9.99. The molecule has 0 spiro atoms. The topological polar surface area (TPSA) is 210 Å². The van der Waals surface area contributed by atoms with Gasteiger partial charge in [-0.05, 0) is 6.42 Å². The van der Waals surface area contributed by atoms with Gasteiger partial charge in [-0.2, -0.15) is 11.8 Å². The quantitative estimate of drug-likeness (QED) is 0.192. The first-order chi connectivity index (χ1) is 12.0. The number of nitrogens with one attached hydrogen (secondary N) is 1. The van der Waals surface area contributed by atoms with Crippen LogP contribution in [0.25, 0.3) is 0 Å². The van der Waals surface area contributed by atoms with Crippen molar-refractivity contribution in [3.8, 4) is 0 Å². The van der Waals surface area contributed by atoms with Crippen LogP contribution < -0.4 is 16.8 Å². The van der Waals surface area contributed by atoms with Crippen LogP contribution in [0.4, 0.5) is 0 Å². The van der Waals surface area contributed by atoms with Gasteiger partial charge in [0, 0.05) is 24.3 Å². The zero-order chi connectivity index (χ0) is 20.3. The Balaban J connectivity index is 4.67. The number of hydrogen-bond acceptors (Lipinski definition) is 8. The second-order valence-electron chi connectivity index (χ2n) is 5.52. The molecular weight excluding hydrogens is 370 g/mol. The van der Waals surface area contributed by atoms with E-state index in [-0.39, 0.29) is 30.8 Å². The summed E-state index contributed by atoms with van der Waals surface area (Å²) in [5, 5.41) is 28.2. The van der Waals surface area contributed by atoms with Gasteiger partial charge >= 0.3 is 17.9 Å². The average molecular weight is 393 g/mol. The maximum Gasteiger partial charge on any atom is 0.322 e. The van der Waals surface area contributed by atoms with Gasteiger partial charge in [0.1, 0.15) is 24.4 Å². The lowest BCUT2D eigenvalue weighted by Gasteiger charge is -2.16. The Hall–Kier alpha value is -2.18. The predicted molar refractivity (Wildman–Crippen MR) is 91.5 cm³/mol. The Labute approximate surface area is 153 Å². The highest BCUT2D eigenvalue weighted by atomic mass is 32.2. The SMILES string of the molecule is N[C@H](CCC(=O)C[C@H](CSC[C@H](N)C(=O)O)C(=O)NCC(=O)O)C(=O)O. The van der Waals surface area contributed by atoms with Crippen LogP contribution in [0.2, 0.25) is 0 Å². The molecule has 11 nitrogen and oxygen atoms in total. The van der Waals surface area contributed by atoms with Crippen LogP contribution >= 0.6 is 11.8 Å². The third-order valence-electron chi connectivity index (χ3n) is 3.24. The molecule has 0 saturated carbocycles. The summed E-state index contributed by atoms with van der Waals surface area (Å²) in [4.78, 5) is 55.8. The molecule has 0 rings (SSSR count). The second-order valence-corrected chi connectivity index (χ2v) is 6.59. The standard InChI is InChI=1S/C14H23N3O8S/c15-9(13(22)23)2-1-8(18)3-7(12(21)17-4-11(19)20)5-26-6-10(16)14(24)25/h7,9-10H,1-6,15-16H2,(H,17,21)(H,19,20)(H,22,23)(H,24,25)/t7-,9-,10+/m1/s1. The summed E-state index contributed by atoms with van der Waals surface area (Å²) < 4.78 is 0. The molecule has 12 heteroatoms. The highest BCUT2D eigenvalue weighted by molar-refractivity contribution is 7.99. The summed E-state index contributed by atoms with van der Waals surface area (Å²) in [7, 11) is 0. The third-order valence-corrected chi connectivity index (χ3v) is 4.48. The van der Waals surface area contributed by atoms with Crippen molar-refractivity contribution in [2.75, 3.05) is 18.1 Å². The van der Waals surface area contributed by atoms with Crippen molar-refractivity contribution >= 4 is 41.4 Å². The molecule has 0 aliphatic carbocycles. The molecule has 0 fully saturated rings. The zero-order valence-electron chi connectivity index (χ0n) is 13.9. The van der Waals surface area contributed by atoms with E-state index < -0.39 is 54.1 Å². The highest BCUT2D eigenvalue weighted by Gasteiger charge is 2.24. The van der Waals surface area contributed by atoms with Gasteiger partial charge in [-0.1, -0.05) is 0 Å². The fourth-order valence-corrected chi connectivity index (χ4v) is 2.85. The molecule has 26 heavy (non-hydrogen) atoms. The predicted octanol–water partition coefficient (Wildman–Crippen LogP) is -1.90. The van der Waals surface area contributed by atoms with Crippen LogP contribution in [-0.2, 0) is 24.0 Å². The van der Waals surface area contributed by atoms with E-state index in [1.807, 2.05) is 0 Å². The maximum absolute atomic E-state index is 12.0. The van der Waals surface area contributed by atoms with Gasteiger partial charge in [0.25, 0.3) is 0 Å². The number of hydrogen-bond donors (Lipinski definition) is 6. The van der Waals surface area contributed by atoms with Crippen LogP contribution in [0.15, 0.2) is 0 Å². The third kappa shape index (κ3) is 10.6. The second kappa shape index (κ2) is 12.2. The van der Waals surface area contributed by atoms with Crippen molar-refractivity contribution in [3.05, 3.63) is 0 Å². The molecule has 8 N–H and O–H groups in total. The Morgan fingerprint density at radius 1 is 0.923 bits per heavy atom. The minimum absolute atomic E-state index is 0.0100. The van der Waals surface area contributed by atoms with Crippen LogP contribution in [0.3, 0.4) is 0 Å². The number of carbonyl (C=O) groups is 5. The number of carbonyl (C=O) groups excluding carboxylic acids is 2. The van der Waals surface area contributed by atoms with Crippen LogP contribution in [0.1, 0.15) is 19.3 Å². The highest BCUT2D eigenvalue weighted by Crippen LogP contribution is 2.16. The first-order valence-corrected chi connectivity index (χ1v) is 8.75. The Bertz CT molecular complexity index is 542. The average Bonchev–Trinajstić information content (AvgIpc) is 2.55. The van der Waals surface area contributed by atoms with E-state index in [0.717, 1.165) is 11.8 Å². The largest absolute Gasteiger partial charge is 0.480 e. The number of aliphatic carboxylic acids is 3. The summed E-state index contributed by atoms with van der Waals surface area (Å²) >= 11 is 1.05. The van der Waals surface area contributed by atoms with E-state index in [1.54, 1.807) is 0 Å². The number of ketones is 1. The van der Waals surface area contributed by atoms with E-state index in [1.165, 1.54) is 0 Å². The van der Waals surface area contributed by atoms with E-state index >= 15 is 0 Å². The lowest BCUT2D eigenvalue weighted by molar-refractivity contribution is -0.139. The van der Waals surface area contributed by atoms with E-state index in [9.17, 15) is 24.0 Å². The van der Waals surface area contributed by atoms with Gasteiger partial charge in [0.05, 0.1) is 5.92 Å². The van der Waals surface area contributed by atoms with Gasteiger partial charge in [-0.25, -0.2) is 0 Å². The summed E-state index contributed by atoms with van der Waals surface area (Å²) in [5.74, 6) is -5.60. The summed E-state index contributed by atoms with van der Waals surface area (Å²) in [6.45, 7) is -0.618. The number of carboxylic acids is 3. The van der Waals surface area contributed by atoms with Crippen LogP contribution in [0, 0.1) is 5.92 Å². The number of amides is 1. The van der Waals surface area contributed by atoms with Gasteiger partial charge in [-0.15, -0.1) is 0 Å². The summed E-state index contributed by atoms with van der Waals surface area (Å²) in [6, 6.07) is -2.33. The fraction of sp³-hybridized carbons (Fsp3) is 0.643. The molecule has 0 aliphatic rings. The molecule has 148 valence electrons. The van der Waals surface area contributed by atoms with Crippen molar-refractivity contribution in [1.82, 2.24) is 5.32 Å². The molecule has 0 radical (unpaired) electrons. The van der Waals surface area contributed by atoms with Gasteiger partial charge < -0.3 is 32.1 Å². The van der Waals surface area contributed by atoms with Crippen LogP contribution in [-0.4, -0.2) is 75.1 Å².